The van der Waals surface area contributed by atoms with Gasteiger partial charge in [0.05, 0.1) is 11.6 Å². The van der Waals surface area contributed by atoms with E-state index < -0.39 is 0 Å². The summed E-state index contributed by atoms with van der Waals surface area (Å²) in [7, 11) is 1.99. The molecule has 0 aromatic carbocycles. The van der Waals surface area contributed by atoms with Crippen molar-refractivity contribution < 1.29 is 0 Å². The molecule has 2 N–H and O–H groups in total. The molecular weight excluding hydrogens is 200 g/mol. The zero-order valence-electron chi connectivity index (χ0n) is 10.0. The first-order chi connectivity index (χ1) is 7.59. The van der Waals surface area contributed by atoms with Crippen LogP contribution in [0.5, 0.6) is 0 Å². The Morgan fingerprint density at radius 1 is 1.44 bits per heavy atom. The van der Waals surface area contributed by atoms with E-state index in [9.17, 15) is 0 Å². The number of pyridine rings is 1. The van der Waals surface area contributed by atoms with Crippen molar-refractivity contribution in [3.05, 3.63) is 24.2 Å². The monoisotopic (exact) mass is 218 g/mol. The van der Waals surface area contributed by atoms with Crippen LogP contribution in [-0.4, -0.2) is 14.5 Å². The Balaban J connectivity index is 2.41. The first-order valence-corrected chi connectivity index (χ1v) is 5.62. The fourth-order valence-electron chi connectivity index (χ4n) is 1.99. The third kappa shape index (κ3) is 1.93. The largest absolute Gasteiger partial charge is 0.328 e. The van der Waals surface area contributed by atoms with Crippen LogP contribution in [0, 0.1) is 5.92 Å². The summed E-state index contributed by atoms with van der Waals surface area (Å²) < 4.78 is 2.04. The quantitative estimate of drug-likeness (QED) is 0.857. The van der Waals surface area contributed by atoms with Crippen molar-refractivity contribution in [1.82, 2.24) is 14.5 Å². The molecule has 4 nitrogen and oxygen atoms in total. The number of hydrogen-bond donors (Lipinski definition) is 1. The van der Waals surface area contributed by atoms with E-state index >= 15 is 0 Å². The van der Waals surface area contributed by atoms with Gasteiger partial charge in [-0.2, -0.15) is 0 Å². The maximum Gasteiger partial charge on any atom is 0.177 e. The van der Waals surface area contributed by atoms with Crippen molar-refractivity contribution in [3.8, 4) is 0 Å². The zero-order chi connectivity index (χ0) is 11.7. The highest BCUT2D eigenvalue weighted by Gasteiger charge is 2.16. The van der Waals surface area contributed by atoms with Gasteiger partial charge in [0.25, 0.3) is 0 Å². The van der Waals surface area contributed by atoms with Crippen molar-refractivity contribution >= 4 is 11.2 Å². The molecular formula is C12H18N4. The van der Waals surface area contributed by atoms with Gasteiger partial charge in [-0.25, -0.2) is 9.97 Å². The minimum Gasteiger partial charge on any atom is -0.328 e. The Morgan fingerprint density at radius 3 is 2.81 bits per heavy atom. The van der Waals surface area contributed by atoms with E-state index in [4.69, 9.17) is 5.73 Å². The highest BCUT2D eigenvalue weighted by atomic mass is 15.1. The normalized spacial score (nSPS) is 13.6. The predicted octanol–water partition coefficient (Wildman–Crippen LogP) is 2.01. The maximum absolute atomic E-state index is 6.15. The SMILES string of the molecule is CC(C)CC(N)c1nc2ncccc2n1C. The summed E-state index contributed by atoms with van der Waals surface area (Å²) in [4.78, 5) is 8.73. The average molecular weight is 218 g/mol. The lowest BCUT2D eigenvalue weighted by Gasteiger charge is -2.13. The van der Waals surface area contributed by atoms with Crippen LogP contribution in [0.25, 0.3) is 11.2 Å². The molecule has 0 aliphatic heterocycles. The van der Waals surface area contributed by atoms with Crippen LogP contribution >= 0.6 is 0 Å². The molecule has 86 valence electrons. The van der Waals surface area contributed by atoms with Crippen LogP contribution in [0.4, 0.5) is 0 Å². The Hall–Kier alpha value is -1.42. The number of imidazole rings is 1. The molecule has 1 unspecified atom stereocenters. The van der Waals surface area contributed by atoms with Crippen LogP contribution in [0.2, 0.25) is 0 Å². The lowest BCUT2D eigenvalue weighted by atomic mass is 10.0. The third-order valence-corrected chi connectivity index (χ3v) is 2.75. The van der Waals surface area contributed by atoms with Gasteiger partial charge in [-0.3, -0.25) is 0 Å². The molecule has 0 aliphatic rings. The molecule has 0 saturated heterocycles. The smallest absolute Gasteiger partial charge is 0.177 e. The minimum atomic E-state index is -0.0146. The first kappa shape index (κ1) is 11.1. The van der Waals surface area contributed by atoms with E-state index in [2.05, 4.69) is 23.8 Å². The number of nitrogens with two attached hydrogens (primary N) is 1. The molecule has 1 atom stereocenters. The Bertz CT molecular complexity index is 487. The standard InChI is InChI=1S/C12H18N4/c1-8(2)7-9(13)12-15-11-10(16(12)3)5-4-6-14-11/h4-6,8-9H,7,13H2,1-3H3. The van der Waals surface area contributed by atoms with E-state index in [-0.39, 0.29) is 6.04 Å². The van der Waals surface area contributed by atoms with Crippen LogP contribution in [0.15, 0.2) is 18.3 Å². The summed E-state index contributed by atoms with van der Waals surface area (Å²) in [6, 6.07) is 3.92. The maximum atomic E-state index is 6.15. The van der Waals surface area contributed by atoms with Gasteiger partial charge in [0, 0.05) is 13.2 Å². The highest BCUT2D eigenvalue weighted by molar-refractivity contribution is 5.71. The summed E-state index contributed by atoms with van der Waals surface area (Å²) in [5.41, 5.74) is 7.97. The van der Waals surface area contributed by atoms with Crippen molar-refractivity contribution in [3.63, 3.8) is 0 Å². The van der Waals surface area contributed by atoms with Crippen LogP contribution in [-0.2, 0) is 7.05 Å². The number of aryl methyl sites for hydroxylation is 1. The van der Waals surface area contributed by atoms with Crippen LogP contribution < -0.4 is 5.73 Å². The molecule has 4 heteroatoms. The van der Waals surface area contributed by atoms with Gasteiger partial charge < -0.3 is 10.3 Å². The van der Waals surface area contributed by atoms with Gasteiger partial charge in [0.15, 0.2) is 5.65 Å². The Morgan fingerprint density at radius 2 is 2.19 bits per heavy atom. The fraction of sp³-hybridized carbons (Fsp3) is 0.500. The summed E-state index contributed by atoms with van der Waals surface area (Å²) >= 11 is 0. The third-order valence-electron chi connectivity index (χ3n) is 2.75. The fourth-order valence-corrected chi connectivity index (χ4v) is 1.99. The van der Waals surface area contributed by atoms with Crippen molar-refractivity contribution in [2.24, 2.45) is 18.7 Å². The number of aromatic nitrogens is 3. The molecule has 2 aromatic rings. The number of nitrogens with zero attached hydrogens (tertiary/aromatic N) is 3. The highest BCUT2D eigenvalue weighted by Crippen LogP contribution is 2.21. The molecule has 16 heavy (non-hydrogen) atoms. The summed E-state index contributed by atoms with van der Waals surface area (Å²) in [5, 5.41) is 0. The van der Waals surface area contributed by atoms with Crippen molar-refractivity contribution in [2.75, 3.05) is 0 Å². The average Bonchev–Trinajstić information content (AvgIpc) is 2.56. The molecule has 2 heterocycles. The van der Waals surface area contributed by atoms with Gasteiger partial charge in [-0.05, 0) is 24.5 Å². The van der Waals surface area contributed by atoms with Crippen molar-refractivity contribution in [2.45, 2.75) is 26.3 Å². The molecule has 0 spiro atoms. The summed E-state index contributed by atoms with van der Waals surface area (Å²) in [6.07, 6.45) is 2.70. The van der Waals surface area contributed by atoms with E-state index in [0.29, 0.717) is 5.92 Å². The number of rotatable bonds is 3. The molecule has 0 fully saturated rings. The molecule has 0 aliphatic carbocycles. The van der Waals surface area contributed by atoms with Crippen LogP contribution in [0.3, 0.4) is 0 Å². The second kappa shape index (κ2) is 4.22. The Labute approximate surface area is 95.5 Å². The van der Waals surface area contributed by atoms with Gasteiger partial charge in [-0.1, -0.05) is 13.8 Å². The van der Waals surface area contributed by atoms with E-state index in [1.54, 1.807) is 6.20 Å². The first-order valence-electron chi connectivity index (χ1n) is 5.62. The molecule has 2 aromatic heterocycles. The van der Waals surface area contributed by atoms with E-state index in [0.717, 1.165) is 23.4 Å². The number of hydrogen-bond acceptors (Lipinski definition) is 3. The lowest BCUT2D eigenvalue weighted by Crippen LogP contribution is -2.17. The molecule has 0 radical (unpaired) electrons. The topological polar surface area (TPSA) is 56.7 Å². The predicted molar refractivity (Wildman–Crippen MR) is 64.9 cm³/mol. The van der Waals surface area contributed by atoms with Gasteiger partial charge in [0.2, 0.25) is 0 Å². The Kier molecular flexibility index (Phi) is 2.92. The summed E-state index contributed by atoms with van der Waals surface area (Å²) in [6.45, 7) is 4.33. The van der Waals surface area contributed by atoms with Gasteiger partial charge in [0.1, 0.15) is 5.82 Å². The zero-order valence-corrected chi connectivity index (χ0v) is 10.0. The second-order valence-electron chi connectivity index (χ2n) is 4.61. The van der Waals surface area contributed by atoms with E-state index in [1.165, 1.54) is 0 Å². The van der Waals surface area contributed by atoms with E-state index in [1.807, 2.05) is 23.7 Å². The molecule has 2 rings (SSSR count). The second-order valence-corrected chi connectivity index (χ2v) is 4.61. The van der Waals surface area contributed by atoms with Gasteiger partial charge >= 0.3 is 0 Å². The lowest BCUT2D eigenvalue weighted by molar-refractivity contribution is 0.485. The molecule has 0 amide bonds. The van der Waals surface area contributed by atoms with Gasteiger partial charge in [-0.15, -0.1) is 0 Å². The number of fused-ring (bicyclic) bond motifs is 1. The van der Waals surface area contributed by atoms with Crippen LogP contribution in [0.1, 0.15) is 32.1 Å². The molecule has 0 saturated carbocycles. The van der Waals surface area contributed by atoms with Crippen molar-refractivity contribution in [1.29, 1.82) is 0 Å². The summed E-state index contributed by atoms with van der Waals surface area (Å²) in [5.74, 6) is 1.49. The molecule has 0 bridgehead atoms. The minimum absolute atomic E-state index is 0.0146.